The third kappa shape index (κ3) is 5.10. The van der Waals surface area contributed by atoms with Gasteiger partial charge in [0.05, 0.1) is 19.4 Å². The molecule has 1 aromatic heterocycles. The van der Waals surface area contributed by atoms with Crippen molar-refractivity contribution in [2.45, 2.75) is 45.1 Å². The summed E-state index contributed by atoms with van der Waals surface area (Å²) in [6, 6.07) is 3.71. The predicted octanol–water partition coefficient (Wildman–Crippen LogP) is 2.35. The van der Waals surface area contributed by atoms with E-state index in [1.54, 1.807) is 18.2 Å². The lowest BCUT2D eigenvalue weighted by Gasteiger charge is -2.34. The number of amides is 2. The van der Waals surface area contributed by atoms with E-state index < -0.39 is 0 Å². The highest BCUT2D eigenvalue weighted by atomic mass is 16.3. The minimum Gasteiger partial charge on any atom is -0.467 e. The van der Waals surface area contributed by atoms with Crippen molar-refractivity contribution < 1.29 is 14.0 Å². The second-order valence-corrected chi connectivity index (χ2v) is 7.62. The fourth-order valence-corrected chi connectivity index (χ4v) is 3.92. The van der Waals surface area contributed by atoms with Gasteiger partial charge in [0.25, 0.3) is 0 Å². The standard InChI is InChI=1S/C20H31N3O3/c1-21(15-18-7-6-14-26-18)19(24)16-22-12-8-17(9-13-22)20(25)23-10-4-2-3-5-11-23/h6-7,14,17H,2-5,8-13,15-16H2,1H3. The van der Waals surface area contributed by atoms with Gasteiger partial charge in [-0.1, -0.05) is 12.8 Å². The summed E-state index contributed by atoms with van der Waals surface area (Å²) in [5.74, 6) is 1.37. The van der Waals surface area contributed by atoms with Gasteiger partial charge in [-0.15, -0.1) is 0 Å². The van der Waals surface area contributed by atoms with Gasteiger partial charge in [0, 0.05) is 26.1 Å². The molecule has 0 atom stereocenters. The first-order chi connectivity index (χ1) is 12.6. The lowest BCUT2D eigenvalue weighted by Crippen LogP contribution is -2.45. The monoisotopic (exact) mass is 361 g/mol. The fourth-order valence-electron chi connectivity index (χ4n) is 3.92. The Labute approximate surface area is 156 Å². The first kappa shape index (κ1) is 19.0. The zero-order valence-electron chi connectivity index (χ0n) is 15.9. The molecule has 0 radical (unpaired) electrons. The highest BCUT2D eigenvalue weighted by molar-refractivity contribution is 5.79. The number of rotatable bonds is 5. The summed E-state index contributed by atoms with van der Waals surface area (Å²) in [7, 11) is 1.81. The van der Waals surface area contributed by atoms with Crippen molar-refractivity contribution in [3.05, 3.63) is 24.2 Å². The molecule has 0 N–H and O–H groups in total. The molecule has 6 heteroatoms. The van der Waals surface area contributed by atoms with E-state index in [1.165, 1.54) is 12.8 Å². The Balaban J connectivity index is 1.41. The van der Waals surface area contributed by atoms with Crippen LogP contribution in [-0.2, 0) is 16.1 Å². The van der Waals surface area contributed by atoms with Crippen LogP contribution < -0.4 is 0 Å². The van der Waals surface area contributed by atoms with Crippen molar-refractivity contribution in [1.29, 1.82) is 0 Å². The Bertz CT molecular complexity index is 571. The zero-order valence-corrected chi connectivity index (χ0v) is 15.9. The number of likely N-dealkylation sites (tertiary alicyclic amines) is 2. The van der Waals surface area contributed by atoms with E-state index in [4.69, 9.17) is 4.42 Å². The molecule has 0 spiro atoms. The van der Waals surface area contributed by atoms with E-state index in [2.05, 4.69) is 9.80 Å². The third-order valence-electron chi connectivity index (χ3n) is 5.61. The summed E-state index contributed by atoms with van der Waals surface area (Å²) in [6.45, 7) is 4.41. The smallest absolute Gasteiger partial charge is 0.236 e. The molecule has 2 amide bonds. The number of carbonyl (C=O) groups is 2. The fraction of sp³-hybridized carbons (Fsp3) is 0.700. The molecule has 0 aromatic carbocycles. The first-order valence-electron chi connectivity index (χ1n) is 9.91. The van der Waals surface area contributed by atoms with Crippen LogP contribution in [0.5, 0.6) is 0 Å². The van der Waals surface area contributed by atoms with Crippen molar-refractivity contribution in [2.24, 2.45) is 5.92 Å². The van der Waals surface area contributed by atoms with Gasteiger partial charge in [-0.25, -0.2) is 0 Å². The van der Waals surface area contributed by atoms with Gasteiger partial charge < -0.3 is 14.2 Å². The molecule has 0 saturated carbocycles. The number of carbonyl (C=O) groups excluding carboxylic acids is 2. The normalized spacial score (nSPS) is 20.0. The van der Waals surface area contributed by atoms with E-state index in [1.807, 2.05) is 12.1 Å². The Kier molecular flexibility index (Phi) is 6.72. The molecule has 3 heterocycles. The van der Waals surface area contributed by atoms with Crippen LogP contribution in [0.15, 0.2) is 22.8 Å². The van der Waals surface area contributed by atoms with E-state index in [-0.39, 0.29) is 11.8 Å². The highest BCUT2D eigenvalue weighted by Crippen LogP contribution is 2.22. The van der Waals surface area contributed by atoms with Gasteiger partial charge >= 0.3 is 0 Å². The minimum absolute atomic E-state index is 0.0960. The Morgan fingerprint density at radius 2 is 1.81 bits per heavy atom. The molecular weight excluding hydrogens is 330 g/mol. The predicted molar refractivity (Wildman–Crippen MR) is 99.4 cm³/mol. The number of furan rings is 1. The van der Waals surface area contributed by atoms with Crippen LogP contribution in [0.3, 0.4) is 0 Å². The molecule has 3 rings (SSSR count). The molecule has 1 aromatic rings. The molecule has 2 fully saturated rings. The van der Waals surface area contributed by atoms with E-state index in [0.29, 0.717) is 19.0 Å². The molecule has 2 saturated heterocycles. The van der Waals surface area contributed by atoms with E-state index in [0.717, 1.165) is 57.6 Å². The van der Waals surface area contributed by atoms with Crippen LogP contribution in [0.2, 0.25) is 0 Å². The second kappa shape index (κ2) is 9.21. The quantitative estimate of drug-likeness (QED) is 0.808. The molecule has 0 aliphatic carbocycles. The first-order valence-corrected chi connectivity index (χ1v) is 9.91. The molecule has 2 aliphatic heterocycles. The van der Waals surface area contributed by atoms with Crippen molar-refractivity contribution in [3.8, 4) is 0 Å². The molecule has 2 aliphatic rings. The average Bonchev–Trinajstić information content (AvgIpc) is 3.01. The summed E-state index contributed by atoms with van der Waals surface area (Å²) in [5, 5.41) is 0. The third-order valence-corrected chi connectivity index (χ3v) is 5.61. The van der Waals surface area contributed by atoms with Gasteiger partial charge in [0.2, 0.25) is 11.8 Å². The summed E-state index contributed by atoms with van der Waals surface area (Å²) < 4.78 is 5.30. The molecule has 144 valence electrons. The molecule has 6 nitrogen and oxygen atoms in total. The van der Waals surface area contributed by atoms with Crippen LogP contribution in [0.4, 0.5) is 0 Å². The Morgan fingerprint density at radius 1 is 1.12 bits per heavy atom. The van der Waals surface area contributed by atoms with Crippen LogP contribution >= 0.6 is 0 Å². The summed E-state index contributed by atoms with van der Waals surface area (Å²) in [4.78, 5) is 31.1. The number of hydrogen-bond donors (Lipinski definition) is 0. The molecule has 0 unspecified atom stereocenters. The van der Waals surface area contributed by atoms with Gasteiger partial charge in [0.1, 0.15) is 5.76 Å². The van der Waals surface area contributed by atoms with E-state index >= 15 is 0 Å². The Morgan fingerprint density at radius 3 is 2.42 bits per heavy atom. The van der Waals surface area contributed by atoms with Gasteiger partial charge in [0.15, 0.2) is 0 Å². The van der Waals surface area contributed by atoms with Gasteiger partial charge in [-0.05, 0) is 50.9 Å². The van der Waals surface area contributed by atoms with Crippen molar-refractivity contribution >= 4 is 11.8 Å². The number of nitrogens with zero attached hydrogens (tertiary/aromatic N) is 3. The largest absolute Gasteiger partial charge is 0.467 e. The number of likely N-dealkylation sites (N-methyl/N-ethyl adjacent to an activating group) is 1. The average molecular weight is 361 g/mol. The lowest BCUT2D eigenvalue weighted by molar-refractivity contribution is -0.137. The van der Waals surface area contributed by atoms with Crippen molar-refractivity contribution in [1.82, 2.24) is 14.7 Å². The summed E-state index contributed by atoms with van der Waals surface area (Å²) in [5.41, 5.74) is 0. The Hall–Kier alpha value is -1.82. The van der Waals surface area contributed by atoms with Gasteiger partial charge in [-0.3, -0.25) is 14.5 Å². The van der Waals surface area contributed by atoms with E-state index in [9.17, 15) is 9.59 Å². The number of hydrogen-bond acceptors (Lipinski definition) is 4. The van der Waals surface area contributed by atoms with Crippen LogP contribution in [0.1, 0.15) is 44.3 Å². The van der Waals surface area contributed by atoms with Crippen molar-refractivity contribution in [3.63, 3.8) is 0 Å². The molecular formula is C20H31N3O3. The van der Waals surface area contributed by atoms with Crippen LogP contribution in [0, 0.1) is 5.92 Å². The second-order valence-electron chi connectivity index (χ2n) is 7.62. The van der Waals surface area contributed by atoms with Crippen LogP contribution in [0.25, 0.3) is 0 Å². The van der Waals surface area contributed by atoms with Gasteiger partial charge in [-0.2, -0.15) is 0 Å². The minimum atomic E-state index is 0.0960. The number of piperidine rings is 1. The molecule has 0 bridgehead atoms. The van der Waals surface area contributed by atoms with Crippen LogP contribution in [-0.4, -0.2) is 66.3 Å². The zero-order chi connectivity index (χ0) is 18.4. The molecule has 26 heavy (non-hydrogen) atoms. The highest BCUT2D eigenvalue weighted by Gasteiger charge is 2.29. The topological polar surface area (TPSA) is 57.0 Å². The van der Waals surface area contributed by atoms with Crippen molar-refractivity contribution in [2.75, 3.05) is 39.8 Å². The maximum Gasteiger partial charge on any atom is 0.236 e. The SMILES string of the molecule is CN(Cc1ccco1)C(=O)CN1CCC(C(=O)N2CCCCCC2)CC1. The maximum atomic E-state index is 12.7. The summed E-state index contributed by atoms with van der Waals surface area (Å²) >= 11 is 0. The summed E-state index contributed by atoms with van der Waals surface area (Å²) in [6.07, 6.45) is 8.13. The lowest BCUT2D eigenvalue weighted by atomic mass is 9.95. The maximum absolute atomic E-state index is 12.7.